The molecule has 0 radical (unpaired) electrons. The van der Waals surface area contributed by atoms with Gasteiger partial charge in [-0.25, -0.2) is 9.97 Å². The zero-order valence-corrected chi connectivity index (χ0v) is 15.5. The lowest BCUT2D eigenvalue weighted by Gasteiger charge is -2.09. The molecule has 2 N–H and O–H groups in total. The van der Waals surface area contributed by atoms with Gasteiger partial charge in [-0.3, -0.25) is 4.79 Å². The maximum Gasteiger partial charge on any atom is 0.275 e. The Hall–Kier alpha value is -2.73. The lowest BCUT2D eigenvalue weighted by Crippen LogP contribution is -2.15. The lowest BCUT2D eigenvalue weighted by molar-refractivity contribution is 0.102. The van der Waals surface area contributed by atoms with Crippen molar-refractivity contribution in [2.75, 3.05) is 10.6 Å². The van der Waals surface area contributed by atoms with Crippen LogP contribution in [0.5, 0.6) is 0 Å². The summed E-state index contributed by atoms with van der Waals surface area (Å²) >= 11 is 3.47. The van der Waals surface area contributed by atoms with E-state index in [9.17, 15) is 4.79 Å². The highest BCUT2D eigenvalue weighted by Gasteiger charge is 2.10. The second kappa shape index (κ2) is 7.44. The molecule has 3 aromatic rings. The molecule has 0 unspecified atom stereocenters. The van der Waals surface area contributed by atoms with Crippen molar-refractivity contribution >= 4 is 39.0 Å². The number of benzene rings is 2. The van der Waals surface area contributed by atoms with Crippen LogP contribution in [0.25, 0.3) is 0 Å². The fourth-order valence-corrected chi connectivity index (χ4v) is 2.53. The summed E-state index contributed by atoms with van der Waals surface area (Å²) in [6.45, 7) is 3.95. The first-order valence-electron chi connectivity index (χ1n) is 7.75. The molecule has 0 fully saturated rings. The first kappa shape index (κ1) is 17.1. The second-order valence-electron chi connectivity index (χ2n) is 5.64. The maximum atomic E-state index is 12.3. The lowest BCUT2D eigenvalue weighted by atomic mass is 10.2. The number of aromatic nitrogens is 2. The molecule has 126 valence electrons. The summed E-state index contributed by atoms with van der Waals surface area (Å²) in [5.41, 5.74) is 4.05. The minimum absolute atomic E-state index is 0.265. The van der Waals surface area contributed by atoms with Gasteiger partial charge in [-0.2, -0.15) is 0 Å². The Morgan fingerprint density at radius 1 is 1.00 bits per heavy atom. The van der Waals surface area contributed by atoms with Crippen molar-refractivity contribution in [1.29, 1.82) is 0 Å². The third-order valence-corrected chi connectivity index (χ3v) is 4.60. The monoisotopic (exact) mass is 396 g/mol. The number of rotatable bonds is 4. The number of para-hydroxylation sites is 1. The van der Waals surface area contributed by atoms with Crippen molar-refractivity contribution in [2.45, 2.75) is 13.8 Å². The summed E-state index contributed by atoms with van der Waals surface area (Å²) in [6, 6.07) is 13.5. The van der Waals surface area contributed by atoms with Gasteiger partial charge in [0.1, 0.15) is 11.5 Å². The van der Waals surface area contributed by atoms with Gasteiger partial charge in [-0.15, -0.1) is 0 Å². The van der Waals surface area contributed by atoms with Gasteiger partial charge >= 0.3 is 0 Å². The number of carbonyl (C=O) groups excluding carboxylic acids is 1. The smallest absolute Gasteiger partial charge is 0.275 e. The number of aryl methyl sites for hydroxylation is 2. The molecule has 2 aromatic carbocycles. The van der Waals surface area contributed by atoms with E-state index in [0.717, 1.165) is 27.0 Å². The zero-order valence-electron chi connectivity index (χ0n) is 13.9. The fourth-order valence-electron chi connectivity index (χ4n) is 2.28. The van der Waals surface area contributed by atoms with E-state index in [1.54, 1.807) is 6.20 Å². The molecule has 3 rings (SSSR count). The Balaban J connectivity index is 1.70. The van der Waals surface area contributed by atoms with E-state index in [0.29, 0.717) is 5.82 Å². The van der Waals surface area contributed by atoms with Crippen LogP contribution in [0.1, 0.15) is 21.6 Å². The SMILES string of the molecule is Cc1cc(Nc2cnc(C(=O)Nc3ccccc3C)cn2)ccc1Br. The van der Waals surface area contributed by atoms with Crippen molar-refractivity contribution in [2.24, 2.45) is 0 Å². The van der Waals surface area contributed by atoms with Crippen LogP contribution in [0.2, 0.25) is 0 Å². The Morgan fingerprint density at radius 3 is 2.48 bits per heavy atom. The molecule has 6 heteroatoms. The van der Waals surface area contributed by atoms with Crippen LogP contribution in [0.15, 0.2) is 59.3 Å². The zero-order chi connectivity index (χ0) is 17.8. The molecule has 0 atom stereocenters. The van der Waals surface area contributed by atoms with Crippen molar-refractivity contribution < 1.29 is 4.79 Å². The van der Waals surface area contributed by atoms with Crippen molar-refractivity contribution in [1.82, 2.24) is 9.97 Å². The normalized spacial score (nSPS) is 10.4. The maximum absolute atomic E-state index is 12.3. The van der Waals surface area contributed by atoms with Gasteiger partial charge in [0, 0.05) is 15.8 Å². The molecule has 0 saturated heterocycles. The number of carbonyl (C=O) groups is 1. The molecule has 0 saturated carbocycles. The van der Waals surface area contributed by atoms with E-state index in [2.05, 4.69) is 36.5 Å². The van der Waals surface area contributed by atoms with Crippen molar-refractivity contribution in [3.8, 4) is 0 Å². The van der Waals surface area contributed by atoms with Crippen LogP contribution >= 0.6 is 15.9 Å². The number of nitrogens with zero attached hydrogens (tertiary/aromatic N) is 2. The van der Waals surface area contributed by atoms with Crippen LogP contribution in [0.3, 0.4) is 0 Å². The van der Waals surface area contributed by atoms with Crippen LogP contribution in [0, 0.1) is 13.8 Å². The molecule has 0 spiro atoms. The number of nitrogens with one attached hydrogen (secondary N) is 2. The standard InChI is InChI=1S/C19H17BrN4O/c1-12-5-3-4-6-16(12)24-19(25)17-10-22-18(11-21-17)23-14-7-8-15(20)13(2)9-14/h3-11H,1-2H3,(H,22,23)(H,24,25). The Labute approximate surface area is 154 Å². The summed E-state index contributed by atoms with van der Waals surface area (Å²) in [5, 5.41) is 6.01. The predicted molar refractivity (Wildman–Crippen MR) is 103 cm³/mol. The first-order chi connectivity index (χ1) is 12.0. The summed E-state index contributed by atoms with van der Waals surface area (Å²) in [6.07, 6.45) is 3.01. The van der Waals surface area contributed by atoms with Gasteiger partial charge in [0.05, 0.1) is 12.4 Å². The van der Waals surface area contributed by atoms with E-state index in [1.165, 1.54) is 6.20 Å². The van der Waals surface area contributed by atoms with Gasteiger partial charge in [0.2, 0.25) is 0 Å². The van der Waals surface area contributed by atoms with E-state index >= 15 is 0 Å². The second-order valence-corrected chi connectivity index (χ2v) is 6.50. The van der Waals surface area contributed by atoms with Crippen LogP contribution in [-0.2, 0) is 0 Å². The van der Waals surface area contributed by atoms with E-state index in [4.69, 9.17) is 0 Å². The Morgan fingerprint density at radius 2 is 1.80 bits per heavy atom. The summed E-state index contributed by atoms with van der Waals surface area (Å²) in [4.78, 5) is 20.7. The van der Waals surface area contributed by atoms with Gasteiger partial charge in [-0.05, 0) is 49.2 Å². The highest BCUT2D eigenvalue weighted by atomic mass is 79.9. The molecular weight excluding hydrogens is 380 g/mol. The predicted octanol–water partition coefficient (Wildman–Crippen LogP) is 4.85. The molecule has 0 aliphatic rings. The minimum Gasteiger partial charge on any atom is -0.339 e. The average molecular weight is 397 g/mol. The minimum atomic E-state index is -0.284. The highest BCUT2D eigenvalue weighted by molar-refractivity contribution is 9.10. The summed E-state index contributed by atoms with van der Waals surface area (Å²) in [7, 11) is 0. The largest absolute Gasteiger partial charge is 0.339 e. The molecule has 25 heavy (non-hydrogen) atoms. The fraction of sp³-hybridized carbons (Fsp3) is 0.105. The van der Waals surface area contributed by atoms with E-state index in [1.807, 2.05) is 56.3 Å². The number of hydrogen-bond donors (Lipinski definition) is 2. The first-order valence-corrected chi connectivity index (χ1v) is 8.54. The third kappa shape index (κ3) is 4.22. The van der Waals surface area contributed by atoms with E-state index in [-0.39, 0.29) is 11.6 Å². The number of hydrogen-bond acceptors (Lipinski definition) is 4. The molecule has 5 nitrogen and oxygen atoms in total. The number of amides is 1. The van der Waals surface area contributed by atoms with Gasteiger partial charge in [0.25, 0.3) is 5.91 Å². The van der Waals surface area contributed by atoms with Crippen LogP contribution in [0.4, 0.5) is 17.2 Å². The number of anilines is 3. The van der Waals surface area contributed by atoms with Crippen LogP contribution in [-0.4, -0.2) is 15.9 Å². The molecule has 1 heterocycles. The highest BCUT2D eigenvalue weighted by Crippen LogP contribution is 2.22. The third-order valence-electron chi connectivity index (χ3n) is 3.71. The molecule has 1 amide bonds. The molecule has 0 bridgehead atoms. The van der Waals surface area contributed by atoms with Gasteiger partial charge < -0.3 is 10.6 Å². The Kier molecular flexibility index (Phi) is 5.09. The quantitative estimate of drug-likeness (QED) is 0.661. The molecular formula is C19H17BrN4O. The summed E-state index contributed by atoms with van der Waals surface area (Å²) < 4.78 is 1.05. The van der Waals surface area contributed by atoms with Gasteiger partial charge in [0.15, 0.2) is 0 Å². The van der Waals surface area contributed by atoms with Crippen molar-refractivity contribution in [3.63, 3.8) is 0 Å². The molecule has 1 aromatic heterocycles. The average Bonchev–Trinajstić information content (AvgIpc) is 2.61. The Bertz CT molecular complexity index is 910. The van der Waals surface area contributed by atoms with Crippen molar-refractivity contribution in [3.05, 3.63) is 76.2 Å². The van der Waals surface area contributed by atoms with Gasteiger partial charge in [-0.1, -0.05) is 34.1 Å². The summed E-state index contributed by atoms with van der Waals surface area (Å²) in [5.74, 6) is 0.294. The number of halogens is 1. The van der Waals surface area contributed by atoms with Crippen LogP contribution < -0.4 is 10.6 Å². The molecule has 0 aliphatic heterocycles. The van der Waals surface area contributed by atoms with E-state index < -0.39 is 0 Å². The molecule has 0 aliphatic carbocycles. The topological polar surface area (TPSA) is 66.9 Å².